The van der Waals surface area contributed by atoms with Crippen molar-refractivity contribution in [3.05, 3.63) is 47.9 Å². The quantitative estimate of drug-likeness (QED) is 0.560. The standard InChI is InChI=1S/C25H35N3O3/c1-4-5-12-28(18-21-9-8-15-31-21)23-11-10-20(26-24(29)16-19(2)3)17-22(23)25(30)27-13-6-7-14-27/h8-11,15,17,19H,4-7,12-14,16,18H2,1-3H3,(H,26,29). The number of rotatable bonds is 10. The zero-order chi connectivity index (χ0) is 22.2. The van der Waals surface area contributed by atoms with Gasteiger partial charge in [0.05, 0.1) is 24.1 Å². The molecule has 1 N–H and O–H groups in total. The van der Waals surface area contributed by atoms with Gasteiger partial charge in [-0.05, 0) is 55.5 Å². The molecule has 6 nitrogen and oxygen atoms in total. The summed E-state index contributed by atoms with van der Waals surface area (Å²) in [5, 5.41) is 2.97. The van der Waals surface area contributed by atoms with Crippen LogP contribution in [0, 0.1) is 5.92 Å². The van der Waals surface area contributed by atoms with Gasteiger partial charge in [-0.15, -0.1) is 0 Å². The van der Waals surface area contributed by atoms with Crippen molar-refractivity contribution in [1.29, 1.82) is 0 Å². The number of likely N-dealkylation sites (tertiary alicyclic amines) is 1. The van der Waals surface area contributed by atoms with E-state index in [1.165, 1.54) is 0 Å². The predicted molar refractivity (Wildman–Crippen MR) is 124 cm³/mol. The summed E-state index contributed by atoms with van der Waals surface area (Å²) in [5.41, 5.74) is 2.21. The molecule has 31 heavy (non-hydrogen) atoms. The Kier molecular flexibility index (Phi) is 8.15. The van der Waals surface area contributed by atoms with Gasteiger partial charge in [0.1, 0.15) is 5.76 Å². The Balaban J connectivity index is 1.93. The van der Waals surface area contributed by atoms with Crippen molar-refractivity contribution in [2.45, 2.75) is 59.4 Å². The fourth-order valence-electron chi connectivity index (χ4n) is 3.96. The van der Waals surface area contributed by atoms with Crippen LogP contribution in [0.4, 0.5) is 11.4 Å². The molecule has 0 bridgehead atoms. The lowest BCUT2D eigenvalue weighted by molar-refractivity contribution is -0.116. The maximum Gasteiger partial charge on any atom is 0.256 e. The van der Waals surface area contributed by atoms with Crippen LogP contribution in [-0.2, 0) is 11.3 Å². The van der Waals surface area contributed by atoms with E-state index < -0.39 is 0 Å². The van der Waals surface area contributed by atoms with E-state index in [2.05, 4.69) is 17.1 Å². The highest BCUT2D eigenvalue weighted by atomic mass is 16.3. The van der Waals surface area contributed by atoms with E-state index >= 15 is 0 Å². The molecule has 0 radical (unpaired) electrons. The number of carbonyl (C=O) groups excluding carboxylic acids is 2. The van der Waals surface area contributed by atoms with Gasteiger partial charge in [0.25, 0.3) is 5.91 Å². The van der Waals surface area contributed by atoms with Crippen LogP contribution in [0.5, 0.6) is 0 Å². The van der Waals surface area contributed by atoms with Gasteiger partial charge in [-0.2, -0.15) is 0 Å². The lowest BCUT2D eigenvalue weighted by Crippen LogP contribution is -2.31. The summed E-state index contributed by atoms with van der Waals surface area (Å²) in [7, 11) is 0. The first-order chi connectivity index (χ1) is 15.0. The summed E-state index contributed by atoms with van der Waals surface area (Å²) in [4.78, 5) is 29.9. The third-order valence-corrected chi connectivity index (χ3v) is 5.55. The van der Waals surface area contributed by atoms with E-state index in [0.29, 0.717) is 24.2 Å². The lowest BCUT2D eigenvalue weighted by Gasteiger charge is -2.28. The van der Waals surface area contributed by atoms with E-state index in [4.69, 9.17) is 4.42 Å². The number of hydrogen-bond acceptors (Lipinski definition) is 4. The summed E-state index contributed by atoms with van der Waals surface area (Å²) < 4.78 is 5.58. The summed E-state index contributed by atoms with van der Waals surface area (Å²) in [5.74, 6) is 1.15. The van der Waals surface area contributed by atoms with Gasteiger partial charge >= 0.3 is 0 Å². The molecular weight excluding hydrogens is 390 g/mol. The molecule has 0 aliphatic carbocycles. The molecule has 1 saturated heterocycles. The zero-order valence-corrected chi connectivity index (χ0v) is 19.0. The van der Waals surface area contributed by atoms with Crippen molar-refractivity contribution in [3.63, 3.8) is 0 Å². The van der Waals surface area contributed by atoms with Crippen LogP contribution in [0.25, 0.3) is 0 Å². The Hall–Kier alpha value is -2.76. The molecule has 0 saturated carbocycles. The van der Waals surface area contributed by atoms with E-state index in [1.807, 2.05) is 49.1 Å². The normalized spacial score (nSPS) is 13.6. The van der Waals surface area contributed by atoms with Gasteiger partial charge in [0.15, 0.2) is 0 Å². The van der Waals surface area contributed by atoms with Crippen LogP contribution >= 0.6 is 0 Å². The van der Waals surface area contributed by atoms with Crippen molar-refractivity contribution in [2.75, 3.05) is 29.9 Å². The third kappa shape index (κ3) is 6.36. The van der Waals surface area contributed by atoms with Crippen molar-refractivity contribution >= 4 is 23.2 Å². The highest BCUT2D eigenvalue weighted by Gasteiger charge is 2.25. The number of hydrogen-bond donors (Lipinski definition) is 1. The largest absolute Gasteiger partial charge is 0.467 e. The molecule has 6 heteroatoms. The molecule has 3 rings (SSSR count). The Morgan fingerprint density at radius 1 is 1.19 bits per heavy atom. The van der Waals surface area contributed by atoms with Crippen LogP contribution in [0.15, 0.2) is 41.0 Å². The molecule has 0 unspecified atom stereocenters. The van der Waals surface area contributed by atoms with E-state index in [-0.39, 0.29) is 17.7 Å². The lowest BCUT2D eigenvalue weighted by atomic mass is 10.1. The maximum atomic E-state index is 13.4. The fourth-order valence-corrected chi connectivity index (χ4v) is 3.96. The van der Waals surface area contributed by atoms with Crippen LogP contribution in [0.2, 0.25) is 0 Å². The Morgan fingerprint density at radius 2 is 1.97 bits per heavy atom. The zero-order valence-electron chi connectivity index (χ0n) is 19.0. The van der Waals surface area contributed by atoms with Gasteiger partial charge in [-0.25, -0.2) is 0 Å². The topological polar surface area (TPSA) is 65.8 Å². The summed E-state index contributed by atoms with van der Waals surface area (Å²) >= 11 is 0. The summed E-state index contributed by atoms with van der Waals surface area (Å²) in [6.45, 7) is 9.21. The second-order valence-corrected chi connectivity index (χ2v) is 8.73. The minimum atomic E-state index is -0.0271. The van der Waals surface area contributed by atoms with Crippen LogP contribution in [-0.4, -0.2) is 36.3 Å². The van der Waals surface area contributed by atoms with Gasteiger partial charge in [0, 0.05) is 31.7 Å². The second kappa shape index (κ2) is 11.0. The monoisotopic (exact) mass is 425 g/mol. The van der Waals surface area contributed by atoms with Crippen molar-refractivity contribution in [3.8, 4) is 0 Å². The van der Waals surface area contributed by atoms with E-state index in [1.54, 1.807) is 6.26 Å². The molecule has 1 aromatic heterocycles. The van der Waals surface area contributed by atoms with Crippen LogP contribution < -0.4 is 10.2 Å². The fraction of sp³-hybridized carbons (Fsp3) is 0.520. The van der Waals surface area contributed by atoms with Crippen LogP contribution in [0.3, 0.4) is 0 Å². The molecule has 0 atom stereocenters. The summed E-state index contributed by atoms with van der Waals surface area (Å²) in [6.07, 6.45) is 6.29. The highest BCUT2D eigenvalue weighted by Crippen LogP contribution is 2.29. The first-order valence-corrected chi connectivity index (χ1v) is 11.5. The molecule has 168 valence electrons. The molecule has 1 aliphatic heterocycles. The first kappa shape index (κ1) is 22.9. The second-order valence-electron chi connectivity index (χ2n) is 8.73. The van der Waals surface area contributed by atoms with Crippen molar-refractivity contribution in [2.24, 2.45) is 5.92 Å². The van der Waals surface area contributed by atoms with E-state index in [9.17, 15) is 9.59 Å². The molecular formula is C25H35N3O3. The molecule has 2 heterocycles. The number of amides is 2. The van der Waals surface area contributed by atoms with Gasteiger partial charge < -0.3 is 19.5 Å². The van der Waals surface area contributed by atoms with E-state index in [0.717, 1.165) is 56.8 Å². The van der Waals surface area contributed by atoms with Crippen LogP contribution in [0.1, 0.15) is 69.0 Å². The Bertz CT molecular complexity index is 855. The average Bonchev–Trinajstić information content (AvgIpc) is 3.44. The number of carbonyl (C=O) groups is 2. The minimum Gasteiger partial charge on any atom is -0.467 e. The Labute approximate surface area is 185 Å². The molecule has 2 aromatic rings. The van der Waals surface area contributed by atoms with Gasteiger partial charge in [-0.3, -0.25) is 9.59 Å². The number of unbranched alkanes of at least 4 members (excludes halogenated alkanes) is 1. The molecule has 1 fully saturated rings. The number of benzene rings is 1. The summed E-state index contributed by atoms with van der Waals surface area (Å²) in [6, 6.07) is 9.55. The van der Waals surface area contributed by atoms with Gasteiger partial charge in [0.2, 0.25) is 5.91 Å². The number of nitrogens with zero attached hydrogens (tertiary/aromatic N) is 2. The highest BCUT2D eigenvalue weighted by molar-refractivity contribution is 6.02. The Morgan fingerprint density at radius 3 is 2.61 bits per heavy atom. The molecule has 0 spiro atoms. The third-order valence-electron chi connectivity index (χ3n) is 5.55. The number of anilines is 2. The maximum absolute atomic E-state index is 13.4. The average molecular weight is 426 g/mol. The number of nitrogens with one attached hydrogen (secondary N) is 1. The molecule has 1 aromatic carbocycles. The van der Waals surface area contributed by atoms with Crippen molar-refractivity contribution in [1.82, 2.24) is 4.90 Å². The first-order valence-electron chi connectivity index (χ1n) is 11.5. The minimum absolute atomic E-state index is 0.0271. The van der Waals surface area contributed by atoms with Crippen molar-refractivity contribution < 1.29 is 14.0 Å². The molecule has 2 amide bonds. The molecule has 1 aliphatic rings. The smallest absolute Gasteiger partial charge is 0.256 e. The predicted octanol–water partition coefficient (Wildman–Crippen LogP) is 5.31. The SMILES string of the molecule is CCCCN(Cc1ccco1)c1ccc(NC(=O)CC(C)C)cc1C(=O)N1CCCC1. The number of furan rings is 1. The van der Waals surface area contributed by atoms with Gasteiger partial charge in [-0.1, -0.05) is 27.2 Å².